The summed E-state index contributed by atoms with van der Waals surface area (Å²) in [5, 5.41) is 1.16. The Kier molecular flexibility index (Phi) is 13.5. The van der Waals surface area contributed by atoms with Crippen molar-refractivity contribution in [3.8, 4) is 0 Å². The second-order valence-electron chi connectivity index (χ2n) is 10.6. The maximum absolute atomic E-state index is 13.0. The van der Waals surface area contributed by atoms with Crippen molar-refractivity contribution in [3.63, 3.8) is 0 Å². The number of carbonyl (C=O) groups is 1. The Morgan fingerprint density at radius 2 is 1.81 bits per heavy atom. The summed E-state index contributed by atoms with van der Waals surface area (Å²) in [7, 11) is 1.90. The fourth-order valence-corrected chi connectivity index (χ4v) is 11.8. The van der Waals surface area contributed by atoms with Crippen LogP contribution in [0.1, 0.15) is 73.7 Å². The van der Waals surface area contributed by atoms with E-state index in [0.717, 1.165) is 30.0 Å². The van der Waals surface area contributed by atoms with Gasteiger partial charge in [-0.2, -0.15) is 0 Å². The molecule has 0 unspecified atom stereocenters. The van der Waals surface area contributed by atoms with Crippen molar-refractivity contribution in [2.45, 2.75) is 66.1 Å². The SMILES string of the molecule is CCCCC[CH2][InH][CH2]C1CCN(CC[C@H](CN(C)C(=O)c2ccccc2)c2ccc(Cl)c(Cl)c2)CC1. The predicted molar refractivity (Wildman–Crippen MR) is 157 cm³/mol. The first-order valence-electron chi connectivity index (χ1n) is 14.0. The Bertz CT molecular complexity index is 918. The van der Waals surface area contributed by atoms with Gasteiger partial charge in [0.15, 0.2) is 0 Å². The second kappa shape index (κ2) is 16.3. The van der Waals surface area contributed by atoms with Gasteiger partial charge in [-0.25, -0.2) is 0 Å². The molecule has 0 radical (unpaired) electrons. The molecule has 1 saturated heterocycles. The molecule has 0 spiro atoms. The summed E-state index contributed by atoms with van der Waals surface area (Å²) in [5.74, 6) is 1.26. The molecule has 196 valence electrons. The third-order valence-electron chi connectivity index (χ3n) is 7.74. The number of hydrogen-bond donors (Lipinski definition) is 0. The Morgan fingerprint density at radius 1 is 1.06 bits per heavy atom. The molecule has 6 heteroatoms. The summed E-state index contributed by atoms with van der Waals surface area (Å²) in [6.07, 6.45) is 9.47. The molecule has 0 aromatic heterocycles. The molecule has 3 nitrogen and oxygen atoms in total. The van der Waals surface area contributed by atoms with Crippen molar-refractivity contribution >= 4 is 52.0 Å². The van der Waals surface area contributed by atoms with E-state index in [2.05, 4.69) is 17.9 Å². The van der Waals surface area contributed by atoms with Crippen molar-refractivity contribution in [2.75, 3.05) is 33.2 Å². The molecule has 3 rings (SSSR count). The summed E-state index contributed by atoms with van der Waals surface area (Å²) >= 11 is 12.1. The van der Waals surface area contributed by atoms with Gasteiger partial charge in [0, 0.05) is 0 Å². The van der Waals surface area contributed by atoms with Crippen molar-refractivity contribution < 1.29 is 4.79 Å². The van der Waals surface area contributed by atoms with E-state index in [-0.39, 0.29) is 11.8 Å². The number of halogens is 2. The number of piperidine rings is 1. The number of likely N-dealkylation sites (tertiary alicyclic amines) is 1. The monoisotopic (exact) mass is 632 g/mol. The molecule has 1 fully saturated rings. The van der Waals surface area contributed by atoms with Gasteiger partial charge in [0.25, 0.3) is 0 Å². The van der Waals surface area contributed by atoms with Gasteiger partial charge in [0.2, 0.25) is 0 Å². The average Bonchev–Trinajstić information content (AvgIpc) is 2.90. The van der Waals surface area contributed by atoms with Crippen LogP contribution in [0, 0.1) is 5.92 Å². The zero-order chi connectivity index (χ0) is 25.8. The first-order valence-corrected chi connectivity index (χ1v) is 20.4. The van der Waals surface area contributed by atoms with Crippen LogP contribution in [0.25, 0.3) is 0 Å². The zero-order valence-electron chi connectivity index (χ0n) is 22.2. The van der Waals surface area contributed by atoms with Crippen molar-refractivity contribution in [1.29, 1.82) is 0 Å². The fraction of sp³-hybridized carbons (Fsp3) is 0.567. The van der Waals surface area contributed by atoms with Crippen molar-refractivity contribution in [2.24, 2.45) is 5.92 Å². The quantitative estimate of drug-likeness (QED) is 0.198. The molecule has 0 bridgehead atoms. The van der Waals surface area contributed by atoms with Gasteiger partial charge >= 0.3 is 200 Å². The Balaban J connectivity index is 1.51. The molecule has 0 saturated carbocycles. The number of hydrogen-bond acceptors (Lipinski definition) is 2. The van der Waals surface area contributed by atoms with Crippen LogP contribution < -0.4 is 0 Å². The van der Waals surface area contributed by atoms with Gasteiger partial charge in [-0.1, -0.05) is 29.8 Å². The van der Waals surface area contributed by atoms with Gasteiger partial charge in [-0.05, 0) is 12.1 Å². The van der Waals surface area contributed by atoms with Gasteiger partial charge in [0.05, 0.1) is 0 Å². The molecule has 36 heavy (non-hydrogen) atoms. The summed E-state index contributed by atoms with van der Waals surface area (Å²) in [6.45, 7) is 6.46. The molecule has 1 atom stereocenters. The Morgan fingerprint density at radius 3 is 2.50 bits per heavy atom. The van der Waals surface area contributed by atoms with E-state index in [4.69, 9.17) is 23.2 Å². The molecular formula is C30H43Cl2InN2O. The van der Waals surface area contributed by atoms with Gasteiger partial charge in [-0.3, -0.25) is 0 Å². The van der Waals surface area contributed by atoms with E-state index in [1.54, 1.807) is 8.35 Å². The van der Waals surface area contributed by atoms with Gasteiger partial charge < -0.3 is 0 Å². The van der Waals surface area contributed by atoms with Crippen molar-refractivity contribution in [3.05, 3.63) is 69.7 Å². The van der Waals surface area contributed by atoms with Crippen LogP contribution in [0.3, 0.4) is 0 Å². The summed E-state index contributed by atoms with van der Waals surface area (Å²) in [5.41, 5.74) is 1.88. The van der Waals surface area contributed by atoms with E-state index in [0.29, 0.717) is 16.6 Å². The van der Waals surface area contributed by atoms with Crippen LogP contribution in [0.4, 0.5) is 0 Å². The van der Waals surface area contributed by atoms with E-state index in [9.17, 15) is 4.79 Å². The second-order valence-corrected chi connectivity index (χ2v) is 17.1. The predicted octanol–water partition coefficient (Wildman–Crippen LogP) is 7.80. The Labute approximate surface area is 240 Å². The molecule has 1 heterocycles. The van der Waals surface area contributed by atoms with E-state index >= 15 is 0 Å². The fourth-order valence-electron chi connectivity index (χ4n) is 5.39. The van der Waals surface area contributed by atoms with Gasteiger partial charge in [0.1, 0.15) is 0 Å². The van der Waals surface area contributed by atoms with Crippen LogP contribution in [-0.4, -0.2) is 71.8 Å². The Hall–Kier alpha value is -0.680. The normalized spacial score (nSPS) is 15.6. The molecule has 0 aliphatic carbocycles. The minimum atomic E-state index is -0.515. The van der Waals surface area contributed by atoms with E-state index in [1.807, 2.05) is 54.4 Å². The molecule has 2 aromatic rings. The van der Waals surface area contributed by atoms with Crippen LogP contribution in [-0.2, 0) is 0 Å². The first kappa shape index (κ1) is 29.9. The zero-order valence-corrected chi connectivity index (χ0v) is 27.8. The number of benzene rings is 2. The molecule has 1 aliphatic heterocycles. The van der Waals surface area contributed by atoms with Crippen LogP contribution in [0.5, 0.6) is 0 Å². The number of rotatable bonds is 14. The first-order chi connectivity index (χ1) is 17.5. The topological polar surface area (TPSA) is 23.6 Å². The van der Waals surface area contributed by atoms with Gasteiger partial charge in [-0.15, -0.1) is 0 Å². The molecule has 1 amide bonds. The molecule has 1 aliphatic rings. The number of unbranched alkanes of at least 4 members (excludes halogenated alkanes) is 3. The third-order valence-corrected chi connectivity index (χ3v) is 14.8. The number of nitrogens with zero attached hydrogens (tertiary/aromatic N) is 2. The van der Waals surface area contributed by atoms with Crippen molar-refractivity contribution in [1.82, 2.24) is 9.80 Å². The standard InChI is InChI=1S/C24H29Cl2N2O.C6H13.In.H/c1-18-10-13-28(14-11-18)15-12-21(20-8-9-22(25)23(26)16-20)17-27(2)24(29)19-6-4-3-5-7-19;1-3-5-6-4-2;;/h3-9,16,18,21H,1,10-15,17H2,2H3;1,3-6H2,2H3;;/t21-;;;/m1.../s1. The molecule has 2 aromatic carbocycles. The summed E-state index contributed by atoms with van der Waals surface area (Å²) < 4.78 is 3.22. The third kappa shape index (κ3) is 9.89. The van der Waals surface area contributed by atoms with Crippen LogP contribution >= 0.6 is 23.2 Å². The van der Waals surface area contributed by atoms with E-state index < -0.39 is 22.9 Å². The summed E-state index contributed by atoms with van der Waals surface area (Å²) in [6, 6.07) is 15.5. The maximum atomic E-state index is 13.0. The number of likely N-dealkylation sites (N-methyl/N-ethyl adjacent to an activating group) is 1. The summed E-state index contributed by atoms with van der Waals surface area (Å²) in [4.78, 5) is 17.5. The molecular weight excluding hydrogens is 590 g/mol. The minimum absolute atomic E-state index is 0.0578. The van der Waals surface area contributed by atoms with Crippen LogP contribution in [0.2, 0.25) is 18.4 Å². The number of carbonyl (C=O) groups excluding carboxylic acids is 1. The molecule has 0 N–H and O–H groups in total. The average molecular weight is 633 g/mol. The van der Waals surface area contributed by atoms with E-state index in [1.165, 1.54) is 51.6 Å². The number of amides is 1. The van der Waals surface area contributed by atoms with Crippen LogP contribution in [0.15, 0.2) is 48.5 Å².